The predicted octanol–water partition coefficient (Wildman–Crippen LogP) is 11.7. The Bertz CT molecular complexity index is 2150. The molecule has 0 bridgehead atoms. The number of hydrogen-bond acceptors (Lipinski definition) is 3. The zero-order valence-corrected chi connectivity index (χ0v) is 23.5. The lowest BCUT2D eigenvalue weighted by atomic mass is 10.0. The van der Waals surface area contributed by atoms with Crippen molar-refractivity contribution in [2.75, 3.05) is 9.80 Å². The van der Waals surface area contributed by atoms with Crippen LogP contribution in [-0.2, 0) is 0 Å². The van der Waals surface area contributed by atoms with E-state index in [0.717, 1.165) is 61.4 Å². The molecule has 0 saturated carbocycles. The van der Waals surface area contributed by atoms with Gasteiger partial charge >= 0.3 is 0 Å². The average Bonchev–Trinajstić information content (AvgIpc) is 3.45. The molecule has 7 aromatic carbocycles. The van der Waals surface area contributed by atoms with Gasteiger partial charge < -0.3 is 14.2 Å². The molecule has 0 fully saturated rings. The third-order valence-corrected chi connectivity index (χ3v) is 8.00. The van der Waals surface area contributed by atoms with Gasteiger partial charge in [0.2, 0.25) is 0 Å². The van der Waals surface area contributed by atoms with E-state index in [1.807, 2.05) is 12.1 Å². The van der Waals surface area contributed by atoms with Crippen LogP contribution in [0, 0.1) is 0 Å². The smallest absolute Gasteiger partial charge is 0.137 e. The minimum absolute atomic E-state index is 0.879. The van der Waals surface area contributed by atoms with E-state index in [1.54, 1.807) is 0 Å². The van der Waals surface area contributed by atoms with Crippen LogP contribution in [0.1, 0.15) is 0 Å². The Balaban J connectivity index is 1.29. The van der Waals surface area contributed by atoms with Crippen LogP contribution >= 0.6 is 0 Å². The van der Waals surface area contributed by atoms with Crippen LogP contribution in [0.3, 0.4) is 0 Å². The summed E-state index contributed by atoms with van der Waals surface area (Å²) >= 11 is 0. The van der Waals surface area contributed by atoms with E-state index < -0.39 is 0 Å². The number of anilines is 6. The molecule has 0 aliphatic carbocycles. The number of nitrogens with zero attached hydrogens (tertiary/aromatic N) is 2. The second-order valence-electron chi connectivity index (χ2n) is 10.6. The summed E-state index contributed by atoms with van der Waals surface area (Å²) in [5.41, 5.74) is 8.37. The SMILES string of the molecule is c1ccc(N(c2ccc3c(N(c4ccccc4)c4ccccc4)cccc3c2)c2ccc3c(c2)oc2ccccc23)cc1. The monoisotopic (exact) mass is 552 g/mol. The minimum atomic E-state index is 0.879. The number of benzene rings is 7. The Labute approximate surface area is 250 Å². The Morgan fingerprint density at radius 2 is 0.860 bits per heavy atom. The van der Waals surface area contributed by atoms with Crippen LogP contribution in [0.25, 0.3) is 32.7 Å². The Kier molecular flexibility index (Phi) is 6.12. The van der Waals surface area contributed by atoms with E-state index in [9.17, 15) is 0 Å². The average molecular weight is 553 g/mol. The quantitative estimate of drug-likeness (QED) is 0.205. The van der Waals surface area contributed by atoms with Gasteiger partial charge in [0.05, 0.1) is 5.69 Å². The number of fused-ring (bicyclic) bond motifs is 4. The second-order valence-corrected chi connectivity index (χ2v) is 10.6. The number of para-hydroxylation sites is 4. The second kappa shape index (κ2) is 10.6. The van der Waals surface area contributed by atoms with Crippen molar-refractivity contribution in [3.05, 3.63) is 170 Å². The highest BCUT2D eigenvalue weighted by Crippen LogP contribution is 2.42. The highest BCUT2D eigenvalue weighted by molar-refractivity contribution is 6.06. The van der Waals surface area contributed by atoms with Crippen molar-refractivity contribution in [2.24, 2.45) is 0 Å². The molecule has 1 aromatic heterocycles. The highest BCUT2D eigenvalue weighted by Gasteiger charge is 2.18. The van der Waals surface area contributed by atoms with E-state index in [1.165, 1.54) is 5.39 Å². The Hall–Kier alpha value is -5.80. The molecule has 0 radical (unpaired) electrons. The molecule has 0 aliphatic rings. The normalized spacial score (nSPS) is 11.3. The molecule has 0 saturated heterocycles. The van der Waals surface area contributed by atoms with Gasteiger partial charge in [0.25, 0.3) is 0 Å². The molecular formula is C40H28N2O. The maximum Gasteiger partial charge on any atom is 0.137 e. The topological polar surface area (TPSA) is 19.6 Å². The molecule has 0 unspecified atom stereocenters. The fourth-order valence-corrected chi connectivity index (χ4v) is 6.05. The van der Waals surface area contributed by atoms with Crippen LogP contribution in [0.5, 0.6) is 0 Å². The van der Waals surface area contributed by atoms with Gasteiger partial charge in [-0.1, -0.05) is 91.0 Å². The van der Waals surface area contributed by atoms with E-state index in [0.29, 0.717) is 0 Å². The Morgan fingerprint density at radius 1 is 0.326 bits per heavy atom. The van der Waals surface area contributed by atoms with Crippen LogP contribution < -0.4 is 9.80 Å². The van der Waals surface area contributed by atoms with Crippen molar-refractivity contribution in [3.8, 4) is 0 Å². The van der Waals surface area contributed by atoms with Gasteiger partial charge in [-0.25, -0.2) is 0 Å². The van der Waals surface area contributed by atoms with Gasteiger partial charge in [0.15, 0.2) is 0 Å². The third-order valence-electron chi connectivity index (χ3n) is 8.00. The molecule has 1 heterocycles. The minimum Gasteiger partial charge on any atom is -0.456 e. The summed E-state index contributed by atoms with van der Waals surface area (Å²) in [5.74, 6) is 0. The van der Waals surface area contributed by atoms with Crippen molar-refractivity contribution in [2.45, 2.75) is 0 Å². The maximum absolute atomic E-state index is 6.28. The molecule has 0 atom stereocenters. The number of furan rings is 1. The fraction of sp³-hybridized carbons (Fsp3) is 0. The molecule has 8 rings (SSSR count). The van der Waals surface area contributed by atoms with E-state index >= 15 is 0 Å². The van der Waals surface area contributed by atoms with Crippen LogP contribution in [0.4, 0.5) is 34.1 Å². The third kappa shape index (κ3) is 4.48. The van der Waals surface area contributed by atoms with Crippen molar-refractivity contribution in [3.63, 3.8) is 0 Å². The van der Waals surface area contributed by atoms with Crippen molar-refractivity contribution < 1.29 is 4.42 Å². The predicted molar refractivity (Wildman–Crippen MR) is 181 cm³/mol. The number of rotatable bonds is 6. The molecule has 0 amide bonds. The maximum atomic E-state index is 6.28. The molecule has 43 heavy (non-hydrogen) atoms. The van der Waals surface area contributed by atoms with Crippen molar-refractivity contribution in [1.82, 2.24) is 0 Å². The van der Waals surface area contributed by atoms with Crippen molar-refractivity contribution in [1.29, 1.82) is 0 Å². The van der Waals surface area contributed by atoms with Gasteiger partial charge in [0.1, 0.15) is 11.2 Å². The zero-order chi connectivity index (χ0) is 28.6. The molecule has 0 N–H and O–H groups in total. The summed E-state index contributed by atoms with van der Waals surface area (Å²) in [4.78, 5) is 4.62. The molecular weight excluding hydrogens is 524 g/mol. The van der Waals surface area contributed by atoms with Gasteiger partial charge in [-0.15, -0.1) is 0 Å². The summed E-state index contributed by atoms with van der Waals surface area (Å²) in [5, 5.41) is 4.60. The first-order valence-electron chi connectivity index (χ1n) is 14.5. The number of hydrogen-bond donors (Lipinski definition) is 0. The first-order valence-corrected chi connectivity index (χ1v) is 14.5. The lowest BCUT2D eigenvalue weighted by Gasteiger charge is -2.28. The molecule has 8 aromatic rings. The van der Waals surface area contributed by atoms with Gasteiger partial charge in [-0.05, 0) is 78.2 Å². The largest absolute Gasteiger partial charge is 0.456 e. The molecule has 3 heteroatoms. The van der Waals surface area contributed by atoms with Crippen molar-refractivity contribution >= 4 is 66.8 Å². The van der Waals surface area contributed by atoms with Gasteiger partial charge in [-0.3, -0.25) is 0 Å². The summed E-state index contributed by atoms with van der Waals surface area (Å²) < 4.78 is 6.28. The summed E-state index contributed by atoms with van der Waals surface area (Å²) in [7, 11) is 0. The Morgan fingerprint density at radius 3 is 1.53 bits per heavy atom. The first-order chi connectivity index (χ1) is 21.3. The summed E-state index contributed by atoms with van der Waals surface area (Å²) in [6.07, 6.45) is 0. The molecule has 3 nitrogen and oxygen atoms in total. The molecule has 0 aliphatic heterocycles. The van der Waals surface area contributed by atoms with Crippen LogP contribution in [0.15, 0.2) is 174 Å². The zero-order valence-electron chi connectivity index (χ0n) is 23.5. The van der Waals surface area contributed by atoms with Gasteiger partial charge in [-0.2, -0.15) is 0 Å². The van der Waals surface area contributed by atoms with Crippen LogP contribution in [-0.4, -0.2) is 0 Å². The van der Waals surface area contributed by atoms with Crippen LogP contribution in [0.2, 0.25) is 0 Å². The molecule has 204 valence electrons. The lowest BCUT2D eigenvalue weighted by molar-refractivity contribution is 0.669. The van der Waals surface area contributed by atoms with Gasteiger partial charge in [0, 0.05) is 50.7 Å². The standard InChI is InChI=1S/C40H28N2O/c1-4-14-30(15-5-1)41(34-24-26-37-36-20-10-11-22-39(36)43-40(37)28-34)33-23-25-35-29(27-33)13-12-21-38(35)42(31-16-6-2-7-17-31)32-18-8-3-9-19-32/h1-28H. The summed E-state index contributed by atoms with van der Waals surface area (Å²) in [6, 6.07) is 59.6. The highest BCUT2D eigenvalue weighted by atomic mass is 16.3. The van der Waals surface area contributed by atoms with E-state index in [-0.39, 0.29) is 0 Å². The summed E-state index contributed by atoms with van der Waals surface area (Å²) in [6.45, 7) is 0. The van der Waals surface area contributed by atoms with E-state index in [2.05, 4.69) is 168 Å². The first kappa shape index (κ1) is 25.0. The van der Waals surface area contributed by atoms with E-state index in [4.69, 9.17) is 4.42 Å². The lowest BCUT2D eigenvalue weighted by Crippen LogP contribution is -2.11. The fourth-order valence-electron chi connectivity index (χ4n) is 6.05. The molecule has 0 spiro atoms.